The number of halogens is 1. The lowest BCUT2D eigenvalue weighted by Crippen LogP contribution is -2.26. The van der Waals surface area contributed by atoms with Crippen LogP contribution >= 0.6 is 11.8 Å². The number of hydrogen-bond donors (Lipinski definition) is 2. The number of amides is 1. The summed E-state index contributed by atoms with van der Waals surface area (Å²) in [5.74, 6) is -1.37. The van der Waals surface area contributed by atoms with Crippen LogP contribution in [0.2, 0.25) is 0 Å². The fourth-order valence-corrected chi connectivity index (χ4v) is 3.70. The van der Waals surface area contributed by atoms with Crippen LogP contribution < -0.4 is 10.1 Å². The molecule has 0 saturated carbocycles. The van der Waals surface area contributed by atoms with Crippen molar-refractivity contribution < 1.29 is 23.8 Å². The van der Waals surface area contributed by atoms with Crippen LogP contribution in [0.3, 0.4) is 0 Å². The Bertz CT molecular complexity index is 993. The molecule has 1 aliphatic heterocycles. The summed E-state index contributed by atoms with van der Waals surface area (Å²) in [6.07, 6.45) is 2.88. The number of unbranched alkanes of at least 4 members (excludes halogenated alkanes) is 1. The zero-order valence-corrected chi connectivity index (χ0v) is 16.5. The maximum absolute atomic E-state index is 14.5. The van der Waals surface area contributed by atoms with Gasteiger partial charge in [-0.25, -0.2) is 4.39 Å². The molecule has 1 aliphatic rings. The molecule has 152 valence electrons. The smallest absolute Gasteiger partial charge is 0.305 e. The highest BCUT2D eigenvalue weighted by Gasteiger charge is 2.32. The number of carbonyl (C=O) groups is 2. The number of fused-ring (bicyclic) bond motifs is 1. The Labute approximate surface area is 171 Å². The van der Waals surface area contributed by atoms with Crippen LogP contribution in [0.5, 0.6) is 5.75 Å². The molecule has 1 fully saturated rings. The van der Waals surface area contributed by atoms with Gasteiger partial charge in [-0.3, -0.25) is 9.59 Å². The van der Waals surface area contributed by atoms with E-state index in [1.165, 1.54) is 12.3 Å². The van der Waals surface area contributed by atoms with E-state index in [1.54, 1.807) is 18.2 Å². The topological polar surface area (TPSA) is 100 Å². The van der Waals surface area contributed by atoms with Gasteiger partial charge in [-0.05, 0) is 12.5 Å². The van der Waals surface area contributed by atoms with Gasteiger partial charge in [-0.2, -0.15) is 5.10 Å². The molecule has 2 aromatic rings. The van der Waals surface area contributed by atoms with Gasteiger partial charge in [-0.15, -0.1) is 5.10 Å². The number of nitrogens with zero attached hydrogens (tertiary/aromatic N) is 2. The van der Waals surface area contributed by atoms with E-state index >= 15 is 0 Å². The molecule has 1 atom stereocenters. The molecule has 0 bridgehead atoms. The van der Waals surface area contributed by atoms with E-state index in [9.17, 15) is 14.0 Å². The van der Waals surface area contributed by atoms with Gasteiger partial charge in [0.1, 0.15) is 16.8 Å². The number of carbonyl (C=O) groups excluding carboxylic acids is 1. The van der Waals surface area contributed by atoms with Crippen LogP contribution in [0.15, 0.2) is 40.5 Å². The van der Waals surface area contributed by atoms with Crippen LogP contribution in [-0.4, -0.2) is 40.2 Å². The molecular formula is C20H20FN3O4S. The third kappa shape index (κ3) is 5.11. The summed E-state index contributed by atoms with van der Waals surface area (Å²) >= 11 is 0.998. The summed E-state index contributed by atoms with van der Waals surface area (Å²) in [6, 6.07) is 8.37. The molecule has 7 nitrogen and oxygen atoms in total. The fraction of sp³-hybridized carbons (Fsp3) is 0.300. The first-order valence-corrected chi connectivity index (χ1v) is 10.0. The lowest BCUT2D eigenvalue weighted by Gasteiger charge is -2.12. The van der Waals surface area contributed by atoms with Crippen molar-refractivity contribution in [3.05, 3.63) is 41.7 Å². The van der Waals surface area contributed by atoms with Gasteiger partial charge in [0.15, 0.2) is 5.17 Å². The van der Waals surface area contributed by atoms with E-state index in [0.29, 0.717) is 28.7 Å². The van der Waals surface area contributed by atoms with E-state index in [1.807, 2.05) is 6.07 Å². The largest absolute Gasteiger partial charge is 0.492 e. The first kappa shape index (κ1) is 20.8. The Hall–Kier alpha value is -2.94. The van der Waals surface area contributed by atoms with Crippen molar-refractivity contribution in [3.63, 3.8) is 0 Å². The maximum Gasteiger partial charge on any atom is 0.305 e. The molecule has 9 heteroatoms. The van der Waals surface area contributed by atoms with Crippen LogP contribution in [0.1, 0.15) is 31.7 Å². The van der Waals surface area contributed by atoms with E-state index in [2.05, 4.69) is 22.4 Å². The van der Waals surface area contributed by atoms with Crippen LogP contribution in [0.25, 0.3) is 10.8 Å². The molecule has 0 radical (unpaired) electrons. The number of carboxylic acids is 1. The summed E-state index contributed by atoms with van der Waals surface area (Å²) in [4.78, 5) is 22.5. The lowest BCUT2D eigenvalue weighted by molar-refractivity contribution is -0.138. The normalized spacial score (nSPS) is 17.9. The third-order valence-corrected chi connectivity index (χ3v) is 5.27. The van der Waals surface area contributed by atoms with E-state index < -0.39 is 22.9 Å². The highest BCUT2D eigenvalue weighted by molar-refractivity contribution is 8.15. The van der Waals surface area contributed by atoms with Crippen molar-refractivity contribution in [2.75, 3.05) is 6.61 Å². The zero-order chi connectivity index (χ0) is 20.8. The van der Waals surface area contributed by atoms with E-state index in [0.717, 1.165) is 24.6 Å². The number of carboxylic acid groups (broad SMARTS) is 1. The highest BCUT2D eigenvalue weighted by Crippen LogP contribution is 2.31. The summed E-state index contributed by atoms with van der Waals surface area (Å²) < 4.78 is 20.4. The second-order valence-electron chi connectivity index (χ2n) is 6.37. The van der Waals surface area contributed by atoms with Crippen molar-refractivity contribution in [2.24, 2.45) is 10.2 Å². The predicted molar refractivity (Wildman–Crippen MR) is 111 cm³/mol. The molecule has 0 aliphatic carbocycles. The minimum Gasteiger partial charge on any atom is -0.492 e. The summed E-state index contributed by atoms with van der Waals surface area (Å²) in [6.45, 7) is 2.54. The van der Waals surface area contributed by atoms with Gasteiger partial charge in [0.05, 0.1) is 19.2 Å². The Morgan fingerprint density at radius 2 is 2.14 bits per heavy atom. The van der Waals surface area contributed by atoms with E-state index in [4.69, 9.17) is 9.84 Å². The Balaban J connectivity index is 1.86. The Morgan fingerprint density at radius 1 is 1.38 bits per heavy atom. The SMILES string of the molecule is CCCCOc1c(C=NN=C2NC(=O)C(CC(=O)O)S2)cc(F)c2ccccc12. The van der Waals surface area contributed by atoms with Crippen LogP contribution in [0, 0.1) is 5.82 Å². The van der Waals surface area contributed by atoms with Crippen molar-refractivity contribution >= 4 is 45.8 Å². The lowest BCUT2D eigenvalue weighted by atomic mass is 10.0. The number of ether oxygens (including phenoxy) is 1. The highest BCUT2D eigenvalue weighted by atomic mass is 32.2. The minimum atomic E-state index is -1.07. The number of amidine groups is 1. The summed E-state index contributed by atoms with van der Waals surface area (Å²) in [5.41, 5.74) is 0.429. The number of benzene rings is 2. The predicted octanol–water partition coefficient (Wildman–Crippen LogP) is 3.55. The summed E-state index contributed by atoms with van der Waals surface area (Å²) in [5, 5.41) is 19.7. The molecule has 1 heterocycles. The molecule has 0 spiro atoms. The van der Waals surface area contributed by atoms with Crippen molar-refractivity contribution in [3.8, 4) is 5.75 Å². The monoisotopic (exact) mass is 417 g/mol. The van der Waals surface area contributed by atoms with Gasteiger partial charge in [0, 0.05) is 16.3 Å². The molecule has 1 amide bonds. The number of aliphatic carboxylic acids is 1. The van der Waals surface area contributed by atoms with Crippen LogP contribution in [0.4, 0.5) is 4.39 Å². The second kappa shape index (κ2) is 9.51. The molecule has 1 unspecified atom stereocenters. The average Bonchev–Trinajstić information content (AvgIpc) is 3.03. The molecular weight excluding hydrogens is 397 g/mol. The van der Waals surface area contributed by atoms with Gasteiger partial charge in [-0.1, -0.05) is 49.4 Å². The van der Waals surface area contributed by atoms with Gasteiger partial charge >= 0.3 is 5.97 Å². The Morgan fingerprint density at radius 3 is 2.86 bits per heavy atom. The molecule has 0 aromatic heterocycles. The van der Waals surface area contributed by atoms with Gasteiger partial charge < -0.3 is 15.2 Å². The number of nitrogens with one attached hydrogen (secondary N) is 1. The summed E-state index contributed by atoms with van der Waals surface area (Å²) in [7, 11) is 0. The zero-order valence-electron chi connectivity index (χ0n) is 15.7. The Kier molecular flexibility index (Phi) is 6.82. The molecule has 1 saturated heterocycles. The van der Waals surface area contributed by atoms with Gasteiger partial charge in [0.25, 0.3) is 0 Å². The van der Waals surface area contributed by atoms with Crippen LogP contribution in [-0.2, 0) is 9.59 Å². The molecule has 2 aromatic carbocycles. The number of hydrogen-bond acceptors (Lipinski definition) is 6. The maximum atomic E-state index is 14.5. The van der Waals surface area contributed by atoms with Crippen molar-refractivity contribution in [1.82, 2.24) is 5.32 Å². The minimum absolute atomic E-state index is 0.201. The van der Waals surface area contributed by atoms with Crippen molar-refractivity contribution in [2.45, 2.75) is 31.4 Å². The molecule has 29 heavy (non-hydrogen) atoms. The first-order valence-electron chi connectivity index (χ1n) is 9.14. The first-order chi connectivity index (χ1) is 14.0. The average molecular weight is 417 g/mol. The fourth-order valence-electron chi connectivity index (χ4n) is 2.79. The standard InChI is InChI=1S/C20H20FN3O4S/c1-2-3-8-28-18-12(9-15(21)13-6-4-5-7-14(13)18)11-22-24-20-23-19(27)16(29-20)10-17(25)26/h4-7,9,11,16H,2-3,8,10H2,1H3,(H,25,26)(H,23,24,27). The number of thioether (sulfide) groups is 1. The van der Waals surface area contributed by atoms with Crippen molar-refractivity contribution in [1.29, 1.82) is 0 Å². The molecule has 2 N–H and O–H groups in total. The third-order valence-electron chi connectivity index (χ3n) is 4.20. The van der Waals surface area contributed by atoms with E-state index in [-0.39, 0.29) is 11.6 Å². The van der Waals surface area contributed by atoms with Gasteiger partial charge in [0.2, 0.25) is 5.91 Å². The number of rotatable bonds is 8. The molecule has 3 rings (SSSR count). The second-order valence-corrected chi connectivity index (χ2v) is 7.56. The quantitative estimate of drug-likeness (QED) is 0.389.